The molecular weight excluding hydrogens is 176 g/mol. The first kappa shape index (κ1) is 13.9. The van der Waals surface area contributed by atoms with E-state index in [1.165, 1.54) is 0 Å². The van der Waals surface area contributed by atoms with E-state index >= 15 is 0 Å². The smallest absolute Gasteiger partial charge is 0.0518 e. The molecule has 0 aliphatic heterocycles. The molecule has 0 atom stereocenters. The third-order valence-corrected chi connectivity index (χ3v) is 1.80. The number of hydrogen-bond acceptors (Lipinski definition) is 3. The molecule has 3 heteroatoms. The summed E-state index contributed by atoms with van der Waals surface area (Å²) >= 11 is 0. The molecule has 0 aromatic rings. The maximum atomic E-state index is 5.43. The van der Waals surface area contributed by atoms with Gasteiger partial charge in [-0.1, -0.05) is 13.8 Å². The first-order valence-corrected chi connectivity index (χ1v) is 5.68. The van der Waals surface area contributed by atoms with Crippen LogP contribution in [-0.4, -0.2) is 38.4 Å². The van der Waals surface area contributed by atoms with E-state index in [0.717, 1.165) is 32.7 Å². The molecule has 0 aliphatic carbocycles. The van der Waals surface area contributed by atoms with Gasteiger partial charge in [0.25, 0.3) is 0 Å². The molecule has 3 nitrogen and oxygen atoms in total. The molecule has 0 unspecified atom stereocenters. The summed E-state index contributed by atoms with van der Waals surface area (Å²) in [5, 5.41) is 6.73. The lowest BCUT2D eigenvalue weighted by Crippen LogP contribution is -2.32. The minimum atomic E-state index is 0.359. The van der Waals surface area contributed by atoms with Gasteiger partial charge < -0.3 is 15.4 Å². The van der Waals surface area contributed by atoms with Crippen molar-refractivity contribution in [2.75, 3.05) is 26.2 Å². The van der Waals surface area contributed by atoms with Crippen LogP contribution >= 0.6 is 0 Å². The lowest BCUT2D eigenvalue weighted by molar-refractivity contribution is 0.0771. The minimum Gasteiger partial charge on any atom is -0.379 e. The predicted octanol–water partition coefficient (Wildman–Crippen LogP) is 1.39. The van der Waals surface area contributed by atoms with Gasteiger partial charge in [-0.05, 0) is 26.8 Å². The van der Waals surface area contributed by atoms with E-state index in [4.69, 9.17) is 4.74 Å². The van der Waals surface area contributed by atoms with E-state index in [1.807, 2.05) is 0 Å². The van der Waals surface area contributed by atoms with E-state index in [-0.39, 0.29) is 0 Å². The van der Waals surface area contributed by atoms with Crippen LogP contribution in [0.3, 0.4) is 0 Å². The highest BCUT2D eigenvalue weighted by atomic mass is 16.5. The Kier molecular flexibility index (Phi) is 9.35. The van der Waals surface area contributed by atoms with Gasteiger partial charge in [-0.15, -0.1) is 0 Å². The molecule has 0 heterocycles. The molecule has 0 fully saturated rings. The number of ether oxygens (including phenoxy) is 1. The Morgan fingerprint density at radius 2 is 1.71 bits per heavy atom. The van der Waals surface area contributed by atoms with E-state index in [0.29, 0.717) is 12.1 Å². The number of hydrogen-bond donors (Lipinski definition) is 2. The molecule has 0 aliphatic rings. The van der Waals surface area contributed by atoms with Gasteiger partial charge in [0.1, 0.15) is 0 Å². The lowest BCUT2D eigenvalue weighted by atomic mass is 10.4. The van der Waals surface area contributed by atoms with Crippen LogP contribution in [0.5, 0.6) is 0 Å². The van der Waals surface area contributed by atoms with E-state index < -0.39 is 0 Å². The van der Waals surface area contributed by atoms with Crippen LogP contribution in [-0.2, 0) is 4.74 Å². The highest BCUT2D eigenvalue weighted by Crippen LogP contribution is 1.88. The van der Waals surface area contributed by atoms with Crippen molar-refractivity contribution in [2.24, 2.45) is 0 Å². The molecule has 0 rings (SSSR count). The van der Waals surface area contributed by atoms with Crippen molar-refractivity contribution in [1.29, 1.82) is 0 Å². The highest BCUT2D eigenvalue weighted by Gasteiger charge is 1.93. The monoisotopic (exact) mass is 202 g/mol. The molecule has 0 aromatic heterocycles. The molecule has 0 aromatic carbocycles. The van der Waals surface area contributed by atoms with Crippen molar-refractivity contribution in [3.05, 3.63) is 0 Å². The Labute approximate surface area is 88.6 Å². The van der Waals surface area contributed by atoms with Gasteiger partial charge in [0.2, 0.25) is 0 Å². The standard InChI is InChI=1S/C11H26N2O/c1-10(2)13-8-7-12-6-5-9-14-11(3)4/h10-13H,5-9H2,1-4H3. The topological polar surface area (TPSA) is 33.3 Å². The predicted molar refractivity (Wildman–Crippen MR) is 61.7 cm³/mol. The van der Waals surface area contributed by atoms with E-state index in [2.05, 4.69) is 38.3 Å². The third kappa shape index (κ3) is 11.9. The normalized spacial score (nSPS) is 11.6. The summed E-state index contributed by atoms with van der Waals surface area (Å²) in [6.07, 6.45) is 1.46. The summed E-state index contributed by atoms with van der Waals surface area (Å²) in [6, 6.07) is 0.584. The molecular formula is C11H26N2O. The lowest BCUT2D eigenvalue weighted by Gasteiger charge is -2.10. The number of nitrogens with one attached hydrogen (secondary N) is 2. The van der Waals surface area contributed by atoms with Gasteiger partial charge in [0, 0.05) is 25.7 Å². The SMILES string of the molecule is CC(C)NCCNCCCOC(C)C. The van der Waals surface area contributed by atoms with Crippen molar-refractivity contribution in [3.8, 4) is 0 Å². The van der Waals surface area contributed by atoms with Crippen LogP contribution in [0.4, 0.5) is 0 Å². The summed E-state index contributed by atoms with van der Waals surface area (Å²) in [6.45, 7) is 12.5. The molecule has 0 spiro atoms. The van der Waals surface area contributed by atoms with Crippen molar-refractivity contribution in [1.82, 2.24) is 10.6 Å². The number of rotatable bonds is 9. The van der Waals surface area contributed by atoms with Gasteiger partial charge in [-0.25, -0.2) is 0 Å². The average Bonchev–Trinajstić information content (AvgIpc) is 2.08. The zero-order valence-electron chi connectivity index (χ0n) is 10.1. The van der Waals surface area contributed by atoms with Crippen LogP contribution in [0.2, 0.25) is 0 Å². The second kappa shape index (κ2) is 9.44. The minimum absolute atomic E-state index is 0.359. The zero-order valence-corrected chi connectivity index (χ0v) is 10.1. The van der Waals surface area contributed by atoms with E-state index in [1.54, 1.807) is 0 Å². The summed E-state index contributed by atoms with van der Waals surface area (Å²) in [5.74, 6) is 0. The Morgan fingerprint density at radius 1 is 1.00 bits per heavy atom. The van der Waals surface area contributed by atoms with Crippen molar-refractivity contribution in [3.63, 3.8) is 0 Å². The van der Waals surface area contributed by atoms with Gasteiger partial charge in [0.15, 0.2) is 0 Å². The van der Waals surface area contributed by atoms with Crippen LogP contribution in [0.25, 0.3) is 0 Å². The maximum Gasteiger partial charge on any atom is 0.0518 e. The fourth-order valence-electron chi connectivity index (χ4n) is 1.09. The first-order valence-electron chi connectivity index (χ1n) is 5.68. The first-order chi connectivity index (χ1) is 6.63. The second-order valence-electron chi connectivity index (χ2n) is 4.13. The summed E-state index contributed by atoms with van der Waals surface area (Å²) in [7, 11) is 0. The Bertz CT molecular complexity index is 102. The quantitative estimate of drug-likeness (QED) is 0.554. The van der Waals surface area contributed by atoms with Crippen molar-refractivity contribution < 1.29 is 4.74 Å². The molecule has 0 amide bonds. The van der Waals surface area contributed by atoms with Crippen LogP contribution in [0, 0.1) is 0 Å². The molecule has 0 saturated heterocycles. The maximum absolute atomic E-state index is 5.43. The second-order valence-corrected chi connectivity index (χ2v) is 4.13. The Morgan fingerprint density at radius 3 is 2.29 bits per heavy atom. The Hall–Kier alpha value is -0.120. The van der Waals surface area contributed by atoms with Gasteiger partial charge in [0.05, 0.1) is 6.10 Å². The Balaban J connectivity index is 2.92. The van der Waals surface area contributed by atoms with Gasteiger partial charge in [-0.2, -0.15) is 0 Å². The largest absolute Gasteiger partial charge is 0.379 e. The molecule has 0 radical (unpaired) electrons. The van der Waals surface area contributed by atoms with E-state index in [9.17, 15) is 0 Å². The average molecular weight is 202 g/mol. The summed E-state index contributed by atoms with van der Waals surface area (Å²) < 4.78 is 5.43. The van der Waals surface area contributed by atoms with Gasteiger partial charge >= 0.3 is 0 Å². The highest BCUT2D eigenvalue weighted by molar-refractivity contribution is 4.55. The summed E-state index contributed by atoms with van der Waals surface area (Å²) in [5.41, 5.74) is 0. The summed E-state index contributed by atoms with van der Waals surface area (Å²) in [4.78, 5) is 0. The van der Waals surface area contributed by atoms with Gasteiger partial charge in [-0.3, -0.25) is 0 Å². The van der Waals surface area contributed by atoms with Crippen LogP contribution < -0.4 is 10.6 Å². The molecule has 0 bridgehead atoms. The molecule has 2 N–H and O–H groups in total. The molecule has 14 heavy (non-hydrogen) atoms. The van der Waals surface area contributed by atoms with Crippen molar-refractivity contribution >= 4 is 0 Å². The van der Waals surface area contributed by atoms with Crippen LogP contribution in [0.15, 0.2) is 0 Å². The third-order valence-electron chi connectivity index (χ3n) is 1.80. The van der Waals surface area contributed by atoms with Crippen molar-refractivity contribution in [2.45, 2.75) is 46.3 Å². The fraction of sp³-hybridized carbons (Fsp3) is 1.00. The zero-order chi connectivity index (χ0) is 10.8. The molecule has 86 valence electrons. The van der Waals surface area contributed by atoms with Crippen LogP contribution in [0.1, 0.15) is 34.1 Å². The fourth-order valence-corrected chi connectivity index (χ4v) is 1.09. The molecule has 0 saturated carbocycles.